The Kier molecular flexibility index (Phi) is 3.91. The molecule has 3 heterocycles. The molecule has 1 aliphatic rings. The molecule has 2 amide bonds. The van der Waals surface area contributed by atoms with Crippen molar-refractivity contribution in [3.63, 3.8) is 0 Å². The maximum Gasteiger partial charge on any atom is 0.253 e. The van der Waals surface area contributed by atoms with Crippen molar-refractivity contribution in [1.29, 1.82) is 0 Å². The minimum Gasteiger partial charge on any atom is -0.346 e. The lowest BCUT2D eigenvalue weighted by molar-refractivity contribution is -0.127. The van der Waals surface area contributed by atoms with E-state index in [1.165, 1.54) is 0 Å². The number of carbonyl (C=O) groups excluding carboxylic acids is 2. The number of aromatic nitrogens is 3. The molecule has 4 rings (SSSR count). The molecule has 0 bridgehead atoms. The van der Waals surface area contributed by atoms with E-state index in [0.717, 1.165) is 16.5 Å². The summed E-state index contributed by atoms with van der Waals surface area (Å²) in [6.07, 6.45) is 5.39. The molecule has 0 spiro atoms. The van der Waals surface area contributed by atoms with Crippen LogP contribution in [0.4, 0.5) is 0 Å². The minimum atomic E-state index is -0.317. The number of nitrogens with one attached hydrogen (secondary N) is 2. The van der Waals surface area contributed by atoms with Crippen LogP contribution < -0.4 is 5.32 Å². The average molecular weight is 349 g/mol. The van der Waals surface area contributed by atoms with Crippen LogP contribution in [0.2, 0.25) is 0 Å². The normalized spacial score (nSPS) is 19.9. The van der Waals surface area contributed by atoms with Crippen LogP contribution in [-0.2, 0) is 4.79 Å². The highest BCUT2D eigenvalue weighted by atomic mass is 16.2. The summed E-state index contributed by atoms with van der Waals surface area (Å²) in [4.78, 5) is 31.0. The van der Waals surface area contributed by atoms with Gasteiger partial charge in [0.25, 0.3) is 5.91 Å². The minimum absolute atomic E-state index is 0.0000764. The lowest BCUT2D eigenvalue weighted by Gasteiger charge is -2.25. The molecule has 3 aromatic rings. The second-order valence-corrected chi connectivity index (χ2v) is 6.67. The first-order valence-corrected chi connectivity index (χ1v) is 8.45. The number of nitrogens with zero attached hydrogens (tertiary/aromatic N) is 3. The number of benzene rings is 1. The molecule has 26 heavy (non-hydrogen) atoms. The van der Waals surface area contributed by atoms with Crippen molar-refractivity contribution in [1.82, 2.24) is 25.4 Å². The average Bonchev–Trinajstić information content (AvgIpc) is 3.19. The van der Waals surface area contributed by atoms with Gasteiger partial charge in [-0.15, -0.1) is 0 Å². The Morgan fingerprint density at radius 1 is 1.35 bits per heavy atom. The van der Waals surface area contributed by atoms with Crippen molar-refractivity contribution in [3.05, 3.63) is 59.5 Å². The number of hydrogen-bond donors (Lipinski definition) is 2. The number of aryl methyl sites for hydroxylation is 1. The van der Waals surface area contributed by atoms with Crippen molar-refractivity contribution in [2.75, 3.05) is 7.05 Å². The van der Waals surface area contributed by atoms with Gasteiger partial charge in [0.2, 0.25) is 5.91 Å². The zero-order chi connectivity index (χ0) is 18.3. The summed E-state index contributed by atoms with van der Waals surface area (Å²) in [6, 6.07) is 7.01. The summed E-state index contributed by atoms with van der Waals surface area (Å²) in [5, 5.41) is 10.8. The molecule has 2 N–H and O–H groups in total. The van der Waals surface area contributed by atoms with E-state index < -0.39 is 0 Å². The molecular weight excluding hydrogens is 330 g/mol. The van der Waals surface area contributed by atoms with Crippen LogP contribution in [0.25, 0.3) is 10.9 Å². The standard InChI is InChI=1S/C19H19N5O2/c1-11-6-13-10-21-23-17(13)14(7-11)19(26)22-15-8-16(25)24(2)18(15)12-4-3-5-20-9-12/h3-7,9-10,15,18H,8H2,1-2H3,(H,21,23)(H,22,26)/t15-,18+/m1/s1. The SMILES string of the molecule is Cc1cc(C(=O)N[C@@H]2CC(=O)N(C)[C@H]2c2cccnc2)c2[nH]ncc2c1. The Balaban J connectivity index is 1.65. The van der Waals surface area contributed by atoms with Gasteiger partial charge in [0.1, 0.15) is 0 Å². The van der Waals surface area contributed by atoms with E-state index in [1.807, 2.05) is 31.2 Å². The number of hydrogen-bond acceptors (Lipinski definition) is 4. The number of amides is 2. The Bertz CT molecular complexity index is 982. The van der Waals surface area contributed by atoms with Gasteiger partial charge in [-0.2, -0.15) is 5.10 Å². The van der Waals surface area contributed by atoms with Gasteiger partial charge in [0.15, 0.2) is 0 Å². The third-order valence-corrected chi connectivity index (χ3v) is 4.87. The van der Waals surface area contributed by atoms with Crippen LogP contribution in [0.5, 0.6) is 0 Å². The molecule has 1 aliphatic heterocycles. The molecule has 1 fully saturated rings. The largest absolute Gasteiger partial charge is 0.346 e. The van der Waals surface area contributed by atoms with Crippen LogP contribution in [0.3, 0.4) is 0 Å². The molecule has 0 saturated carbocycles. The van der Waals surface area contributed by atoms with Gasteiger partial charge in [-0.25, -0.2) is 0 Å². The van der Waals surface area contributed by atoms with Gasteiger partial charge in [0.05, 0.1) is 29.4 Å². The number of H-pyrrole nitrogens is 1. The molecule has 1 aromatic carbocycles. The first kappa shape index (κ1) is 16.3. The van der Waals surface area contributed by atoms with E-state index in [-0.39, 0.29) is 30.3 Å². The number of fused-ring (bicyclic) bond motifs is 1. The maximum absolute atomic E-state index is 13.0. The van der Waals surface area contributed by atoms with Gasteiger partial charge in [0, 0.05) is 31.2 Å². The predicted molar refractivity (Wildman–Crippen MR) is 96.4 cm³/mol. The Morgan fingerprint density at radius 3 is 2.96 bits per heavy atom. The van der Waals surface area contributed by atoms with Crippen LogP contribution in [0, 0.1) is 6.92 Å². The molecule has 0 unspecified atom stereocenters. The van der Waals surface area contributed by atoms with Gasteiger partial charge >= 0.3 is 0 Å². The Morgan fingerprint density at radius 2 is 2.19 bits per heavy atom. The lowest BCUT2D eigenvalue weighted by Crippen LogP contribution is -2.39. The number of likely N-dealkylation sites (tertiary alicyclic amines) is 1. The van der Waals surface area contributed by atoms with Crippen molar-refractivity contribution in [2.45, 2.75) is 25.4 Å². The summed E-state index contributed by atoms with van der Waals surface area (Å²) in [5.41, 5.74) is 3.11. The second-order valence-electron chi connectivity index (χ2n) is 6.67. The number of aromatic amines is 1. The summed E-state index contributed by atoms with van der Waals surface area (Å²) < 4.78 is 0. The summed E-state index contributed by atoms with van der Waals surface area (Å²) >= 11 is 0. The number of pyridine rings is 1. The van der Waals surface area contributed by atoms with E-state index in [2.05, 4.69) is 20.5 Å². The van der Waals surface area contributed by atoms with Crippen LogP contribution in [0.1, 0.15) is 33.9 Å². The van der Waals surface area contributed by atoms with E-state index in [1.54, 1.807) is 30.5 Å². The molecule has 0 aliphatic carbocycles. The fourth-order valence-electron chi connectivity index (χ4n) is 3.64. The van der Waals surface area contributed by atoms with E-state index in [4.69, 9.17) is 0 Å². The highest BCUT2D eigenvalue weighted by Gasteiger charge is 2.39. The zero-order valence-electron chi connectivity index (χ0n) is 14.6. The monoisotopic (exact) mass is 349 g/mol. The number of likely N-dealkylation sites (N-methyl/N-ethyl adjacent to an activating group) is 1. The van der Waals surface area contributed by atoms with E-state index in [0.29, 0.717) is 11.1 Å². The number of carbonyl (C=O) groups is 2. The predicted octanol–water partition coefficient (Wildman–Crippen LogP) is 1.97. The molecule has 7 nitrogen and oxygen atoms in total. The molecule has 2 atom stereocenters. The quantitative estimate of drug-likeness (QED) is 0.756. The first-order valence-electron chi connectivity index (χ1n) is 8.45. The number of rotatable bonds is 3. The smallest absolute Gasteiger partial charge is 0.253 e. The molecule has 2 aromatic heterocycles. The topological polar surface area (TPSA) is 91.0 Å². The fraction of sp³-hybridized carbons (Fsp3) is 0.263. The molecule has 0 radical (unpaired) electrons. The Labute approximate surface area is 150 Å². The van der Waals surface area contributed by atoms with Crippen molar-refractivity contribution in [2.24, 2.45) is 0 Å². The molecule has 132 valence electrons. The zero-order valence-corrected chi connectivity index (χ0v) is 14.6. The third-order valence-electron chi connectivity index (χ3n) is 4.87. The van der Waals surface area contributed by atoms with E-state index in [9.17, 15) is 9.59 Å². The molecular formula is C19H19N5O2. The molecule has 7 heteroatoms. The fourth-order valence-corrected chi connectivity index (χ4v) is 3.64. The Hall–Kier alpha value is -3.22. The third kappa shape index (κ3) is 2.71. The van der Waals surface area contributed by atoms with Crippen molar-refractivity contribution >= 4 is 22.7 Å². The van der Waals surface area contributed by atoms with Gasteiger partial charge in [-0.05, 0) is 36.2 Å². The molecule has 1 saturated heterocycles. The maximum atomic E-state index is 13.0. The van der Waals surface area contributed by atoms with Gasteiger partial charge in [-0.1, -0.05) is 6.07 Å². The lowest BCUT2D eigenvalue weighted by atomic mass is 10.0. The second kappa shape index (κ2) is 6.25. The summed E-state index contributed by atoms with van der Waals surface area (Å²) in [7, 11) is 1.76. The van der Waals surface area contributed by atoms with Crippen LogP contribution >= 0.6 is 0 Å². The highest BCUT2D eigenvalue weighted by Crippen LogP contribution is 2.32. The highest BCUT2D eigenvalue weighted by molar-refractivity contribution is 6.06. The van der Waals surface area contributed by atoms with Gasteiger partial charge in [-0.3, -0.25) is 19.7 Å². The summed E-state index contributed by atoms with van der Waals surface area (Å²) in [6.45, 7) is 1.94. The van der Waals surface area contributed by atoms with Crippen LogP contribution in [-0.4, -0.2) is 45.0 Å². The van der Waals surface area contributed by atoms with E-state index >= 15 is 0 Å². The van der Waals surface area contributed by atoms with Crippen molar-refractivity contribution < 1.29 is 9.59 Å². The van der Waals surface area contributed by atoms with Crippen molar-refractivity contribution in [3.8, 4) is 0 Å². The van der Waals surface area contributed by atoms with Crippen LogP contribution in [0.15, 0.2) is 42.9 Å². The van der Waals surface area contributed by atoms with Gasteiger partial charge < -0.3 is 10.2 Å². The summed E-state index contributed by atoms with van der Waals surface area (Å²) in [5.74, 6) is -0.218. The first-order chi connectivity index (χ1) is 12.5.